The quantitative estimate of drug-likeness (QED) is 0.108. The zero-order valence-electron chi connectivity index (χ0n) is 43.4. The van der Waals surface area contributed by atoms with E-state index in [9.17, 15) is 0 Å². The van der Waals surface area contributed by atoms with E-state index < -0.39 is 5.41 Å². The van der Waals surface area contributed by atoms with E-state index in [2.05, 4.69) is 267 Å². The van der Waals surface area contributed by atoms with Crippen molar-refractivity contribution in [3.63, 3.8) is 0 Å². The number of aromatic nitrogens is 4. The number of hydrogen-bond donors (Lipinski definition) is 0. The third-order valence-electron chi connectivity index (χ3n) is 15.2. The molecule has 1 aliphatic carbocycles. The van der Waals surface area contributed by atoms with Crippen LogP contribution in [0.3, 0.4) is 0 Å². The number of rotatable bonds is 13. The highest BCUT2D eigenvalue weighted by atomic mass is 15.0. The summed E-state index contributed by atoms with van der Waals surface area (Å²) in [6, 6.07) is 71.7. The molecule has 4 heteroatoms. The summed E-state index contributed by atoms with van der Waals surface area (Å²) in [4.78, 5) is 10.9. The Balaban J connectivity index is 1.07. The van der Waals surface area contributed by atoms with Crippen LogP contribution in [0.15, 0.2) is 268 Å². The minimum absolute atomic E-state index is 0.591. The van der Waals surface area contributed by atoms with Gasteiger partial charge < -0.3 is 9.13 Å². The molecule has 0 saturated heterocycles. The minimum Gasteiger partial charge on any atom is -0.310 e. The van der Waals surface area contributed by atoms with Crippen LogP contribution in [0.25, 0.3) is 108 Å². The predicted octanol–water partition coefficient (Wildman–Crippen LogP) is 16.9. The highest BCUT2D eigenvalue weighted by Gasteiger charge is 2.47. The van der Waals surface area contributed by atoms with Gasteiger partial charge >= 0.3 is 0 Å². The second-order valence-electron chi connectivity index (χ2n) is 19.5. The fraction of sp³-hybridized carbons (Fsp3) is 0.0411. The van der Waals surface area contributed by atoms with E-state index in [0.29, 0.717) is 5.82 Å². The van der Waals surface area contributed by atoms with Gasteiger partial charge in [-0.05, 0) is 118 Å². The number of hydrogen-bond acceptors (Lipinski definition) is 2. The molecule has 11 aromatic rings. The van der Waals surface area contributed by atoms with Crippen molar-refractivity contribution >= 4 is 40.5 Å². The summed E-state index contributed by atoms with van der Waals surface area (Å²) in [5.41, 5.74) is 19.5. The van der Waals surface area contributed by atoms with Gasteiger partial charge in [0, 0.05) is 44.5 Å². The van der Waals surface area contributed by atoms with Crippen LogP contribution in [0.2, 0.25) is 0 Å². The number of benzene rings is 8. The third kappa shape index (κ3) is 8.01. The zero-order chi connectivity index (χ0) is 52.6. The smallest absolute Gasteiger partial charge is 0.160 e. The lowest BCUT2D eigenvalue weighted by atomic mass is 9.67. The summed E-state index contributed by atoms with van der Waals surface area (Å²) in [6.45, 7) is 21.3. The molecule has 0 bridgehead atoms. The van der Waals surface area contributed by atoms with Gasteiger partial charge in [-0.3, -0.25) is 0 Å². The highest BCUT2D eigenvalue weighted by Crippen LogP contribution is 2.58. The first-order valence-corrected chi connectivity index (χ1v) is 26.1. The minimum atomic E-state index is -0.591. The molecule has 0 radical (unpaired) electrons. The van der Waals surface area contributed by atoms with Gasteiger partial charge in [0.25, 0.3) is 0 Å². The molecule has 0 saturated carbocycles. The molecule has 12 rings (SSSR count). The lowest BCUT2D eigenvalue weighted by Crippen LogP contribution is -2.29. The molecular formula is C73H56N4. The molecule has 368 valence electrons. The van der Waals surface area contributed by atoms with Crippen LogP contribution in [0.5, 0.6) is 0 Å². The molecule has 77 heavy (non-hydrogen) atoms. The Morgan fingerprint density at radius 3 is 1.81 bits per heavy atom. The molecular weight excluding hydrogens is 933 g/mol. The van der Waals surface area contributed by atoms with Crippen molar-refractivity contribution in [2.75, 3.05) is 0 Å². The maximum atomic E-state index is 5.53. The van der Waals surface area contributed by atoms with Crippen molar-refractivity contribution < 1.29 is 0 Å². The summed E-state index contributed by atoms with van der Waals surface area (Å²) in [5, 5.41) is 4.33. The van der Waals surface area contributed by atoms with E-state index in [1.165, 1.54) is 38.6 Å². The first-order valence-electron chi connectivity index (χ1n) is 26.1. The van der Waals surface area contributed by atoms with Crippen LogP contribution in [-0.4, -0.2) is 19.1 Å². The standard InChI is InChI=1S/C73H56N4/c1-7-11-37-67-49(5)50(6)68(38-12-8-2)76(67)57-45-54(46-58(47-57)77-69-39-23-20-31-60(69)61-32-21-24-40-70(61)77)66-48-65(52-27-15-13-16-28-52)74-72(75-66)53-43-41-51(42-44-53)59-34-25-36-64-71(59)62-33-19-22-35-63(62)73(64,55(10-4)26-9-3)56-29-17-14-18-30-56/h7-48H,1,3-4,6H2,2,5H3/b12-8-,37-11-,55-26+,68-38+. The maximum absolute atomic E-state index is 5.53. The lowest BCUT2D eigenvalue weighted by molar-refractivity contribution is 0.767. The van der Waals surface area contributed by atoms with Crippen LogP contribution in [0, 0.1) is 6.92 Å². The Morgan fingerprint density at radius 1 is 0.532 bits per heavy atom. The molecule has 1 atom stereocenters. The Bertz CT molecular complexity index is 4300. The summed E-state index contributed by atoms with van der Waals surface area (Å²) in [6.07, 6.45) is 18.2. The van der Waals surface area contributed by atoms with Crippen LogP contribution >= 0.6 is 0 Å². The van der Waals surface area contributed by atoms with Crippen LogP contribution < -0.4 is 10.6 Å². The molecule has 3 heterocycles. The first-order chi connectivity index (χ1) is 37.9. The Hall–Kier alpha value is -9.90. The van der Waals surface area contributed by atoms with Crippen molar-refractivity contribution in [1.82, 2.24) is 19.1 Å². The molecule has 0 fully saturated rings. The van der Waals surface area contributed by atoms with Crippen molar-refractivity contribution in [3.05, 3.63) is 307 Å². The van der Waals surface area contributed by atoms with Crippen molar-refractivity contribution in [2.45, 2.75) is 19.3 Å². The topological polar surface area (TPSA) is 35.6 Å². The zero-order valence-corrected chi connectivity index (χ0v) is 43.4. The molecule has 1 unspecified atom stereocenters. The van der Waals surface area contributed by atoms with E-state index >= 15 is 0 Å². The van der Waals surface area contributed by atoms with Gasteiger partial charge in [0.2, 0.25) is 0 Å². The number of fused-ring (bicyclic) bond motifs is 6. The SMILES string of the molecule is C=C/C=C\c1c(C)c(=C)/c(=C\C=C/C)n1-c1cc(-c2cc(-c3ccccc3)nc(-c3ccc(-c4cccc5c4-c4ccccc4C5(/C(C=C)=C/C=C)c4ccccc4)cc3)n2)cc(-n2c3ccccc3c3ccccc32)c1. The van der Waals surface area contributed by atoms with Gasteiger partial charge in [0.15, 0.2) is 5.82 Å². The summed E-state index contributed by atoms with van der Waals surface area (Å²) >= 11 is 0. The second-order valence-corrected chi connectivity index (χ2v) is 19.5. The first kappa shape index (κ1) is 48.1. The van der Waals surface area contributed by atoms with Gasteiger partial charge in [0.05, 0.1) is 33.2 Å². The molecule has 0 N–H and O–H groups in total. The van der Waals surface area contributed by atoms with E-state index in [-0.39, 0.29) is 0 Å². The third-order valence-corrected chi connectivity index (χ3v) is 15.2. The van der Waals surface area contributed by atoms with Crippen LogP contribution in [0.4, 0.5) is 0 Å². The molecule has 0 amide bonds. The molecule has 8 aromatic carbocycles. The number of nitrogens with zero attached hydrogens (tertiary/aromatic N) is 4. The van der Waals surface area contributed by atoms with Crippen molar-refractivity contribution in [3.8, 4) is 67.5 Å². The van der Waals surface area contributed by atoms with E-state index in [1.54, 1.807) is 0 Å². The fourth-order valence-electron chi connectivity index (χ4n) is 11.8. The Kier molecular flexibility index (Phi) is 12.5. The number of para-hydroxylation sites is 2. The van der Waals surface area contributed by atoms with Gasteiger partial charge in [-0.2, -0.15) is 0 Å². The van der Waals surface area contributed by atoms with E-state index in [4.69, 9.17) is 9.97 Å². The molecule has 4 nitrogen and oxygen atoms in total. The fourth-order valence-corrected chi connectivity index (χ4v) is 11.8. The van der Waals surface area contributed by atoms with Gasteiger partial charge in [-0.1, -0.05) is 233 Å². The van der Waals surface area contributed by atoms with Gasteiger partial charge in [0.1, 0.15) is 0 Å². The highest BCUT2D eigenvalue weighted by molar-refractivity contribution is 6.09. The normalized spacial score (nSPS) is 14.4. The molecule has 0 aliphatic heterocycles. The molecule has 1 aliphatic rings. The van der Waals surface area contributed by atoms with E-state index in [0.717, 1.165) is 89.0 Å². The second kappa shape index (κ2) is 20.1. The summed E-state index contributed by atoms with van der Waals surface area (Å²) in [5.74, 6) is 0.627. The van der Waals surface area contributed by atoms with Gasteiger partial charge in [-0.15, -0.1) is 0 Å². The van der Waals surface area contributed by atoms with Crippen LogP contribution in [0.1, 0.15) is 34.9 Å². The number of allylic oxidation sites excluding steroid dienone is 8. The summed E-state index contributed by atoms with van der Waals surface area (Å²) < 4.78 is 4.69. The Morgan fingerprint density at radius 2 is 1.13 bits per heavy atom. The Labute approximate surface area is 450 Å². The predicted molar refractivity (Wildman–Crippen MR) is 326 cm³/mol. The average molecular weight is 989 g/mol. The van der Waals surface area contributed by atoms with Crippen molar-refractivity contribution in [1.29, 1.82) is 0 Å². The molecule has 0 spiro atoms. The average Bonchev–Trinajstić information content (AvgIpc) is 4.30. The largest absolute Gasteiger partial charge is 0.310 e. The van der Waals surface area contributed by atoms with Crippen LogP contribution in [-0.2, 0) is 5.41 Å². The van der Waals surface area contributed by atoms with Crippen molar-refractivity contribution in [2.24, 2.45) is 0 Å². The van der Waals surface area contributed by atoms with E-state index in [1.807, 2.05) is 37.3 Å². The summed E-state index contributed by atoms with van der Waals surface area (Å²) in [7, 11) is 0. The molecule has 3 aromatic heterocycles. The van der Waals surface area contributed by atoms with Gasteiger partial charge in [-0.25, -0.2) is 9.97 Å². The lowest BCUT2D eigenvalue weighted by Gasteiger charge is -2.34. The maximum Gasteiger partial charge on any atom is 0.160 e. The monoisotopic (exact) mass is 988 g/mol.